The first-order chi connectivity index (χ1) is 15.3. The maximum absolute atomic E-state index is 15.4. The molecule has 0 aliphatic carbocycles. The molecule has 0 atom stereocenters. The first-order valence-electron chi connectivity index (χ1n) is 10.4. The Labute approximate surface area is 183 Å². The van der Waals surface area contributed by atoms with Crippen molar-refractivity contribution in [2.45, 2.75) is 39.5 Å². The molecule has 0 radical (unpaired) electrons. The highest BCUT2D eigenvalue weighted by atomic mass is 19.2. The van der Waals surface area contributed by atoms with Crippen molar-refractivity contribution in [1.82, 2.24) is 24.9 Å². The number of hydrogen-bond acceptors (Lipinski definition) is 7. The average Bonchev–Trinajstić information content (AvgIpc) is 3.29. The maximum Gasteiger partial charge on any atom is 0.737 e. The Bertz CT molecular complexity index is 1140. The Balaban J connectivity index is 1.36. The van der Waals surface area contributed by atoms with Crippen LogP contribution in [0.4, 0.5) is 8.63 Å². The van der Waals surface area contributed by atoms with Crippen LogP contribution in [0.3, 0.4) is 0 Å². The molecule has 2 aromatic rings. The number of fused-ring (bicyclic) bond motifs is 2. The van der Waals surface area contributed by atoms with Crippen molar-refractivity contribution in [2.24, 2.45) is 0 Å². The van der Waals surface area contributed by atoms with Gasteiger partial charge in [-0.05, 0) is 31.2 Å². The van der Waals surface area contributed by atoms with Gasteiger partial charge in [-0.2, -0.15) is 0 Å². The van der Waals surface area contributed by atoms with Crippen LogP contribution in [0.15, 0.2) is 23.9 Å². The van der Waals surface area contributed by atoms with Crippen LogP contribution in [-0.4, -0.2) is 66.3 Å². The van der Waals surface area contributed by atoms with Crippen molar-refractivity contribution >= 4 is 24.7 Å². The van der Waals surface area contributed by atoms with Crippen molar-refractivity contribution in [2.75, 3.05) is 13.2 Å². The number of aromatic nitrogens is 5. The van der Waals surface area contributed by atoms with Gasteiger partial charge in [-0.1, -0.05) is 0 Å². The van der Waals surface area contributed by atoms with E-state index in [0.717, 1.165) is 14.5 Å². The second-order valence-electron chi connectivity index (χ2n) is 7.75. The molecule has 0 aromatic carbocycles. The molecule has 12 heteroatoms. The molecular formula is C20H23BF2N6O3. The highest BCUT2D eigenvalue weighted by Crippen LogP contribution is 2.34. The minimum absolute atomic E-state index is 0.0288. The van der Waals surface area contributed by atoms with Crippen LogP contribution < -0.4 is 0 Å². The van der Waals surface area contributed by atoms with Crippen molar-refractivity contribution in [3.63, 3.8) is 0 Å². The van der Waals surface area contributed by atoms with Gasteiger partial charge in [0.05, 0.1) is 19.6 Å². The molecule has 168 valence electrons. The number of aryl methyl sites for hydroxylation is 2. The van der Waals surface area contributed by atoms with Gasteiger partial charge in [-0.25, -0.2) is 0 Å². The Hall–Kier alpha value is -3.28. The maximum atomic E-state index is 15.4. The molecule has 0 spiro atoms. The van der Waals surface area contributed by atoms with Gasteiger partial charge in [0, 0.05) is 43.2 Å². The van der Waals surface area contributed by atoms with Gasteiger partial charge in [0.15, 0.2) is 17.3 Å². The van der Waals surface area contributed by atoms with Crippen LogP contribution in [0.5, 0.6) is 0 Å². The Morgan fingerprint density at radius 1 is 1.12 bits per heavy atom. The van der Waals surface area contributed by atoms with E-state index in [-0.39, 0.29) is 38.9 Å². The monoisotopic (exact) mass is 444 g/mol. The van der Waals surface area contributed by atoms with Crippen LogP contribution in [0, 0.1) is 13.8 Å². The van der Waals surface area contributed by atoms with E-state index in [0.29, 0.717) is 34.4 Å². The van der Waals surface area contributed by atoms with Crippen molar-refractivity contribution < 1.29 is 27.8 Å². The number of aliphatic hydroxyl groups excluding tert-OH is 1. The average molecular weight is 444 g/mol. The van der Waals surface area contributed by atoms with E-state index in [9.17, 15) is 4.79 Å². The minimum Gasteiger partial charge on any atom is -0.465 e. The Kier molecular flexibility index (Phi) is 5.96. The standard InChI is InChI=1S/C20H23BF2N6O3/c1-13-11-14(2)28-17(13)12-16-4-3-15(29(16)21(28,22)23)5-6-20(31)32-10-8-19-26-24-18(7-9-30)25-27-19/h3-4,11-12,30H,5-10H2,1-2H3. The summed E-state index contributed by atoms with van der Waals surface area (Å²) in [5.41, 5.74) is 2.62. The molecule has 32 heavy (non-hydrogen) atoms. The third-order valence-electron chi connectivity index (χ3n) is 5.48. The largest absolute Gasteiger partial charge is 0.737 e. The van der Waals surface area contributed by atoms with Crippen LogP contribution in [0.2, 0.25) is 0 Å². The van der Waals surface area contributed by atoms with Gasteiger partial charge in [-0.15, -0.1) is 20.4 Å². The van der Waals surface area contributed by atoms with E-state index in [1.165, 1.54) is 0 Å². The van der Waals surface area contributed by atoms with Crippen molar-refractivity contribution in [1.29, 1.82) is 0 Å². The number of allylic oxidation sites excluding steroid dienone is 2. The normalized spacial score (nSPS) is 16.1. The summed E-state index contributed by atoms with van der Waals surface area (Å²) in [5, 5.41) is 24.2. The molecule has 2 aliphatic rings. The van der Waals surface area contributed by atoms with Crippen LogP contribution in [0.1, 0.15) is 41.4 Å². The number of ether oxygens (including phenoxy) is 1. The van der Waals surface area contributed by atoms with Crippen molar-refractivity contribution in [3.05, 3.63) is 52.5 Å². The Morgan fingerprint density at radius 3 is 2.50 bits per heavy atom. The summed E-state index contributed by atoms with van der Waals surface area (Å²) in [5.74, 6) is 0.144. The first kappa shape index (κ1) is 21.9. The van der Waals surface area contributed by atoms with Gasteiger partial charge in [0.2, 0.25) is 0 Å². The second-order valence-corrected chi connectivity index (χ2v) is 7.75. The first-order valence-corrected chi connectivity index (χ1v) is 10.4. The quantitative estimate of drug-likeness (QED) is 0.485. The molecule has 2 aliphatic heterocycles. The molecule has 9 nitrogen and oxygen atoms in total. The summed E-state index contributed by atoms with van der Waals surface area (Å²) in [6, 6.07) is 1.75. The molecule has 1 N–H and O–H groups in total. The molecular weight excluding hydrogens is 421 g/mol. The fraction of sp³-hybridized carbons (Fsp3) is 0.400. The topological polar surface area (TPSA) is 106 Å². The Morgan fingerprint density at radius 2 is 1.81 bits per heavy atom. The summed E-state index contributed by atoms with van der Waals surface area (Å²) >= 11 is 0. The summed E-state index contributed by atoms with van der Waals surface area (Å²) in [4.78, 5) is 12.1. The molecule has 4 rings (SSSR count). The smallest absolute Gasteiger partial charge is 0.465 e. The highest BCUT2D eigenvalue weighted by Gasteiger charge is 2.52. The zero-order valence-corrected chi connectivity index (χ0v) is 17.8. The number of nitrogens with zero attached hydrogens (tertiary/aromatic N) is 6. The van der Waals surface area contributed by atoms with Crippen LogP contribution in [0.25, 0.3) is 6.08 Å². The zero-order valence-electron chi connectivity index (χ0n) is 17.8. The van der Waals surface area contributed by atoms with E-state index in [1.54, 1.807) is 31.2 Å². The molecule has 0 saturated heterocycles. The van der Waals surface area contributed by atoms with Gasteiger partial charge >= 0.3 is 12.9 Å². The fourth-order valence-corrected chi connectivity index (χ4v) is 4.03. The lowest BCUT2D eigenvalue weighted by molar-refractivity contribution is -0.362. The number of esters is 1. The molecule has 4 heterocycles. The molecule has 0 fully saturated rings. The number of halogens is 2. The summed E-state index contributed by atoms with van der Waals surface area (Å²) in [6.45, 7) is -0.620. The van der Waals surface area contributed by atoms with E-state index in [4.69, 9.17) is 9.84 Å². The van der Waals surface area contributed by atoms with Crippen LogP contribution >= 0.6 is 0 Å². The lowest BCUT2D eigenvalue weighted by Crippen LogP contribution is -2.50. The van der Waals surface area contributed by atoms with Gasteiger partial charge < -0.3 is 27.4 Å². The zero-order chi connectivity index (χ0) is 22.9. The second kappa shape index (κ2) is 8.69. The predicted molar refractivity (Wildman–Crippen MR) is 112 cm³/mol. The molecule has 0 saturated carbocycles. The third-order valence-corrected chi connectivity index (χ3v) is 5.48. The minimum atomic E-state index is -4.04. The summed E-state index contributed by atoms with van der Waals surface area (Å²) in [7, 11) is 0. The molecule has 0 unspecified atom stereocenters. The van der Waals surface area contributed by atoms with E-state index >= 15 is 8.63 Å². The van der Waals surface area contributed by atoms with E-state index in [2.05, 4.69) is 20.4 Å². The lowest BCUT2D eigenvalue weighted by Gasteiger charge is -2.30. The van der Waals surface area contributed by atoms with Gasteiger partial charge in [-0.3, -0.25) is 4.79 Å². The number of carbonyl (C=O) groups is 1. The SMILES string of the molecule is Cc1cc(C)n2c1C=C1C=CC(CCC(=O)OCCc3nnc(CCO)nn3)=[N+]1[B-]2(F)F. The third kappa shape index (κ3) is 4.09. The molecule has 2 aromatic heterocycles. The highest BCUT2D eigenvalue weighted by molar-refractivity contribution is 6.58. The molecule has 0 amide bonds. The summed E-state index contributed by atoms with van der Waals surface area (Å²) in [6.07, 6.45) is 5.63. The number of carbonyl (C=O) groups excluding carboxylic acids is 1. The van der Waals surface area contributed by atoms with E-state index in [1.807, 2.05) is 6.92 Å². The number of aliphatic hydroxyl groups is 1. The predicted octanol–water partition coefficient (Wildman–Crippen LogP) is 1.39. The van der Waals surface area contributed by atoms with E-state index < -0.39 is 12.9 Å². The lowest BCUT2D eigenvalue weighted by atomic mass is 9.90. The van der Waals surface area contributed by atoms with Crippen molar-refractivity contribution in [3.8, 4) is 0 Å². The molecule has 0 bridgehead atoms. The van der Waals surface area contributed by atoms with Crippen LogP contribution in [-0.2, 0) is 22.4 Å². The van der Waals surface area contributed by atoms with Gasteiger partial charge in [0.1, 0.15) is 5.71 Å². The fourth-order valence-electron chi connectivity index (χ4n) is 4.03. The number of hydrogen-bond donors (Lipinski definition) is 1. The van der Waals surface area contributed by atoms with Gasteiger partial charge in [0.25, 0.3) is 0 Å². The number of rotatable bonds is 8. The summed E-state index contributed by atoms with van der Waals surface area (Å²) < 4.78 is 38.0.